The Kier molecular flexibility index (Phi) is 3.78. The van der Waals surface area contributed by atoms with Gasteiger partial charge in [-0.15, -0.1) is 0 Å². The minimum absolute atomic E-state index is 0.0679. The first-order chi connectivity index (χ1) is 8.99. The van der Waals surface area contributed by atoms with Crippen molar-refractivity contribution in [1.29, 1.82) is 0 Å². The highest BCUT2D eigenvalue weighted by Gasteiger charge is 2.33. The van der Waals surface area contributed by atoms with Crippen LogP contribution in [0.4, 0.5) is 0 Å². The minimum Gasteiger partial charge on any atom is -0.364 e. The first kappa shape index (κ1) is 13.5. The Bertz CT molecular complexity index is 480. The van der Waals surface area contributed by atoms with E-state index in [0.29, 0.717) is 18.5 Å². The Morgan fingerprint density at radius 1 is 1.32 bits per heavy atom. The average molecular weight is 262 g/mol. The van der Waals surface area contributed by atoms with Gasteiger partial charge in [0.05, 0.1) is 12.4 Å². The number of carbonyl (C=O) groups excluding carboxylic acids is 2. The summed E-state index contributed by atoms with van der Waals surface area (Å²) in [5.41, 5.74) is 5.42. The van der Waals surface area contributed by atoms with Gasteiger partial charge in [-0.1, -0.05) is 13.8 Å². The molecule has 102 valence electrons. The summed E-state index contributed by atoms with van der Waals surface area (Å²) >= 11 is 0. The molecule has 1 aliphatic carbocycles. The fourth-order valence-corrected chi connectivity index (χ4v) is 1.89. The number of aromatic nitrogens is 2. The molecule has 2 rings (SSSR count). The highest BCUT2D eigenvalue weighted by Crippen LogP contribution is 2.28. The molecule has 1 saturated carbocycles. The first-order valence-corrected chi connectivity index (χ1v) is 6.42. The third-order valence-electron chi connectivity index (χ3n) is 2.93. The number of hydrogen-bond acceptors (Lipinski definition) is 4. The van der Waals surface area contributed by atoms with Gasteiger partial charge in [-0.25, -0.2) is 9.97 Å². The van der Waals surface area contributed by atoms with E-state index < -0.39 is 5.91 Å². The van der Waals surface area contributed by atoms with E-state index in [0.717, 1.165) is 12.8 Å². The summed E-state index contributed by atoms with van der Waals surface area (Å²) in [7, 11) is 0. The second-order valence-electron chi connectivity index (χ2n) is 5.23. The van der Waals surface area contributed by atoms with Gasteiger partial charge in [-0.05, 0) is 18.8 Å². The SMILES string of the molecule is CC(C)CN(C(=O)c1cnc(C(N)=O)cn1)C1CC1. The van der Waals surface area contributed by atoms with Crippen LogP contribution < -0.4 is 5.73 Å². The van der Waals surface area contributed by atoms with Crippen LogP contribution in [-0.2, 0) is 0 Å². The Morgan fingerprint density at radius 2 is 1.89 bits per heavy atom. The summed E-state index contributed by atoms with van der Waals surface area (Å²) in [5, 5.41) is 0. The van der Waals surface area contributed by atoms with Gasteiger partial charge < -0.3 is 10.6 Å². The molecular weight excluding hydrogens is 244 g/mol. The van der Waals surface area contributed by atoms with Crippen LogP contribution in [0.25, 0.3) is 0 Å². The van der Waals surface area contributed by atoms with Crippen LogP contribution >= 0.6 is 0 Å². The van der Waals surface area contributed by atoms with Crippen molar-refractivity contribution in [3.8, 4) is 0 Å². The Labute approximate surface area is 112 Å². The van der Waals surface area contributed by atoms with E-state index in [2.05, 4.69) is 23.8 Å². The van der Waals surface area contributed by atoms with E-state index in [1.165, 1.54) is 12.4 Å². The Hall–Kier alpha value is -1.98. The fraction of sp³-hybridized carbons (Fsp3) is 0.538. The molecule has 0 aromatic carbocycles. The topological polar surface area (TPSA) is 89.2 Å². The molecule has 1 fully saturated rings. The molecule has 2 N–H and O–H groups in total. The normalized spacial score (nSPS) is 14.5. The second-order valence-corrected chi connectivity index (χ2v) is 5.23. The number of nitrogens with two attached hydrogens (primary N) is 1. The quantitative estimate of drug-likeness (QED) is 0.851. The summed E-state index contributed by atoms with van der Waals surface area (Å²) in [6.07, 6.45) is 4.66. The van der Waals surface area contributed by atoms with E-state index >= 15 is 0 Å². The van der Waals surface area contributed by atoms with E-state index in [-0.39, 0.29) is 17.3 Å². The molecule has 0 atom stereocenters. The molecule has 0 unspecified atom stereocenters. The molecule has 1 aromatic rings. The van der Waals surface area contributed by atoms with Gasteiger partial charge in [-0.2, -0.15) is 0 Å². The smallest absolute Gasteiger partial charge is 0.274 e. The number of rotatable bonds is 5. The van der Waals surface area contributed by atoms with Gasteiger partial charge in [-0.3, -0.25) is 9.59 Å². The van der Waals surface area contributed by atoms with Crippen molar-refractivity contribution in [2.24, 2.45) is 11.7 Å². The molecule has 0 bridgehead atoms. The van der Waals surface area contributed by atoms with Crippen LogP contribution in [-0.4, -0.2) is 39.3 Å². The van der Waals surface area contributed by atoms with E-state index in [4.69, 9.17) is 5.73 Å². The number of amides is 2. The molecule has 1 heterocycles. The third-order valence-corrected chi connectivity index (χ3v) is 2.93. The third kappa shape index (κ3) is 3.27. The lowest BCUT2D eigenvalue weighted by Crippen LogP contribution is -2.36. The van der Waals surface area contributed by atoms with Gasteiger partial charge in [0, 0.05) is 12.6 Å². The predicted molar refractivity (Wildman–Crippen MR) is 69.4 cm³/mol. The lowest BCUT2D eigenvalue weighted by Gasteiger charge is -2.23. The standard InChI is InChI=1S/C13H18N4O2/c1-8(2)7-17(9-3-4-9)13(19)11-6-15-10(5-16-11)12(14)18/h5-6,8-9H,3-4,7H2,1-2H3,(H2,14,18). The van der Waals surface area contributed by atoms with Crippen molar-refractivity contribution in [3.05, 3.63) is 23.8 Å². The van der Waals surface area contributed by atoms with Gasteiger partial charge in [0.25, 0.3) is 11.8 Å². The molecular formula is C13H18N4O2. The molecule has 0 spiro atoms. The van der Waals surface area contributed by atoms with Crippen molar-refractivity contribution < 1.29 is 9.59 Å². The summed E-state index contributed by atoms with van der Waals surface area (Å²) in [4.78, 5) is 32.9. The summed E-state index contributed by atoms with van der Waals surface area (Å²) in [6, 6.07) is 0.326. The van der Waals surface area contributed by atoms with Crippen molar-refractivity contribution in [3.63, 3.8) is 0 Å². The molecule has 6 heteroatoms. The molecule has 0 radical (unpaired) electrons. The van der Waals surface area contributed by atoms with E-state index in [9.17, 15) is 9.59 Å². The largest absolute Gasteiger partial charge is 0.364 e. The van der Waals surface area contributed by atoms with Crippen LogP contribution in [0, 0.1) is 5.92 Å². The summed E-state index contributed by atoms with van der Waals surface area (Å²) < 4.78 is 0. The van der Waals surface area contributed by atoms with Gasteiger partial charge in [0.15, 0.2) is 0 Å². The van der Waals surface area contributed by atoms with Gasteiger partial charge in [0.1, 0.15) is 11.4 Å². The van der Waals surface area contributed by atoms with Gasteiger partial charge in [0.2, 0.25) is 0 Å². The maximum absolute atomic E-state index is 12.4. The fourth-order valence-electron chi connectivity index (χ4n) is 1.89. The van der Waals surface area contributed by atoms with Crippen LogP contribution in [0.1, 0.15) is 47.7 Å². The number of hydrogen-bond donors (Lipinski definition) is 1. The van der Waals surface area contributed by atoms with E-state index in [1.54, 1.807) is 0 Å². The first-order valence-electron chi connectivity index (χ1n) is 6.42. The van der Waals surface area contributed by atoms with Crippen molar-refractivity contribution in [2.45, 2.75) is 32.7 Å². The molecule has 2 amide bonds. The highest BCUT2D eigenvalue weighted by atomic mass is 16.2. The molecule has 0 aliphatic heterocycles. The molecule has 19 heavy (non-hydrogen) atoms. The highest BCUT2D eigenvalue weighted by molar-refractivity contribution is 5.94. The number of primary amides is 1. The lowest BCUT2D eigenvalue weighted by atomic mass is 10.2. The molecule has 1 aliphatic rings. The monoisotopic (exact) mass is 262 g/mol. The van der Waals surface area contributed by atoms with Crippen LogP contribution in [0.5, 0.6) is 0 Å². The maximum Gasteiger partial charge on any atom is 0.274 e. The van der Waals surface area contributed by atoms with Gasteiger partial charge >= 0.3 is 0 Å². The summed E-state index contributed by atoms with van der Waals surface area (Å²) in [6.45, 7) is 4.86. The van der Waals surface area contributed by atoms with E-state index in [1.807, 2.05) is 4.90 Å². The van der Waals surface area contributed by atoms with Crippen LogP contribution in [0.2, 0.25) is 0 Å². The van der Waals surface area contributed by atoms with Crippen LogP contribution in [0.15, 0.2) is 12.4 Å². The number of nitrogens with zero attached hydrogens (tertiary/aromatic N) is 3. The Balaban J connectivity index is 2.14. The zero-order valence-electron chi connectivity index (χ0n) is 11.2. The zero-order chi connectivity index (χ0) is 14.0. The summed E-state index contributed by atoms with van der Waals surface area (Å²) in [5.74, 6) is -0.366. The second kappa shape index (κ2) is 5.34. The maximum atomic E-state index is 12.4. The predicted octanol–water partition coefficient (Wildman–Crippen LogP) is 0.836. The molecule has 0 saturated heterocycles. The van der Waals surface area contributed by atoms with Crippen molar-refractivity contribution in [2.75, 3.05) is 6.54 Å². The van der Waals surface area contributed by atoms with Crippen molar-refractivity contribution >= 4 is 11.8 Å². The average Bonchev–Trinajstić information content (AvgIpc) is 3.19. The van der Waals surface area contributed by atoms with Crippen LogP contribution in [0.3, 0.4) is 0 Å². The lowest BCUT2D eigenvalue weighted by molar-refractivity contribution is 0.0715. The zero-order valence-corrected chi connectivity index (χ0v) is 11.2. The molecule has 1 aromatic heterocycles. The number of carbonyl (C=O) groups is 2. The molecule has 6 nitrogen and oxygen atoms in total. The Morgan fingerprint density at radius 3 is 2.32 bits per heavy atom. The minimum atomic E-state index is -0.646. The van der Waals surface area contributed by atoms with Crippen molar-refractivity contribution in [1.82, 2.24) is 14.9 Å².